The Kier molecular flexibility index (Phi) is 12.0. The molecule has 288 valence electrons. The van der Waals surface area contributed by atoms with Gasteiger partial charge in [-0.05, 0) is 86.2 Å². The Bertz CT molecular complexity index is 2360. The maximum absolute atomic E-state index is 14.2. The maximum Gasteiger partial charge on any atom is 0.338 e. The van der Waals surface area contributed by atoms with Gasteiger partial charge in [-0.15, -0.1) is 0 Å². The van der Waals surface area contributed by atoms with Gasteiger partial charge in [0, 0.05) is 11.3 Å². The molecule has 1 unspecified atom stereocenters. The van der Waals surface area contributed by atoms with E-state index in [0.29, 0.717) is 36.2 Å². The lowest BCUT2D eigenvalue weighted by molar-refractivity contribution is -0.124. The Balaban J connectivity index is 1.40. The van der Waals surface area contributed by atoms with Crippen LogP contribution in [0.15, 0.2) is 82.0 Å². The van der Waals surface area contributed by atoms with Crippen LogP contribution in [0.5, 0.6) is 0 Å². The van der Waals surface area contributed by atoms with Crippen LogP contribution < -0.4 is 21.6 Å². The molecule has 0 saturated carbocycles. The quantitative estimate of drug-likeness (QED) is 0.0381. The van der Waals surface area contributed by atoms with Crippen LogP contribution in [0, 0.1) is 5.41 Å². The zero-order valence-electron chi connectivity index (χ0n) is 31.8. The Hall–Kier alpha value is -5.09. The van der Waals surface area contributed by atoms with E-state index in [1.54, 1.807) is 32.0 Å². The Morgan fingerprint density at radius 3 is 2.22 bits per heavy atom. The molecule has 1 aromatic heterocycles. The summed E-state index contributed by atoms with van der Waals surface area (Å²) in [6, 6.07) is 21.6. The fraction of sp³-hybridized carbons (Fsp3) is 0.349. The number of carbonyl (C=O) groups is 3. The van der Waals surface area contributed by atoms with Gasteiger partial charge < -0.3 is 24.3 Å². The molecule has 0 bridgehead atoms. The van der Waals surface area contributed by atoms with Crippen LogP contribution in [0.2, 0.25) is 0 Å². The smallest absolute Gasteiger partial charge is 0.338 e. The van der Waals surface area contributed by atoms with Crippen molar-refractivity contribution in [1.82, 2.24) is 0 Å². The number of carbonyl (C=O) groups excluding carboxylic acids is 3. The lowest BCUT2D eigenvalue weighted by Crippen LogP contribution is -2.47. The Morgan fingerprint density at radius 2 is 1.55 bits per heavy atom. The number of amides is 1. The summed E-state index contributed by atoms with van der Waals surface area (Å²) in [4.78, 5) is 55.4. The minimum Gasteiger partial charge on any atom is -0.462 e. The number of hydrogen-bond donors (Lipinski definition) is 3. The summed E-state index contributed by atoms with van der Waals surface area (Å²) in [5.41, 5.74) is 8.92. The third kappa shape index (κ3) is 8.29. The summed E-state index contributed by atoms with van der Waals surface area (Å²) in [5, 5.41) is 6.64. The van der Waals surface area contributed by atoms with E-state index in [4.69, 9.17) is 19.2 Å². The van der Waals surface area contributed by atoms with Gasteiger partial charge in [-0.3, -0.25) is 24.5 Å². The summed E-state index contributed by atoms with van der Waals surface area (Å²) in [7, 11) is -3.21. The molecule has 1 aliphatic rings. The predicted octanol–water partition coefficient (Wildman–Crippen LogP) is 9.65. The number of anilines is 3. The van der Waals surface area contributed by atoms with Crippen molar-refractivity contribution in [3.8, 4) is 0 Å². The number of esters is 1. The Labute approximate surface area is 320 Å². The van der Waals surface area contributed by atoms with Crippen LogP contribution in [-0.2, 0) is 31.2 Å². The van der Waals surface area contributed by atoms with E-state index in [-0.39, 0.29) is 64.3 Å². The molecule has 5 aromatic rings. The average Bonchev–Trinajstić information content (AvgIpc) is 3.16. The zero-order valence-corrected chi connectivity index (χ0v) is 32.7. The van der Waals surface area contributed by atoms with Crippen LogP contribution >= 0.6 is 7.52 Å². The van der Waals surface area contributed by atoms with Crippen LogP contribution in [0.25, 0.3) is 21.9 Å². The highest BCUT2D eigenvalue weighted by molar-refractivity contribution is 7.55. The first kappa shape index (κ1) is 39.6. The summed E-state index contributed by atoms with van der Waals surface area (Å²) < 4.78 is 29.5. The minimum atomic E-state index is -3.21. The molecule has 2 heterocycles. The zero-order chi connectivity index (χ0) is 39.3. The lowest BCUT2D eigenvalue weighted by atomic mass is 9.69. The molecule has 11 nitrogen and oxygen atoms in total. The number of ketones is 1. The lowest BCUT2D eigenvalue weighted by Gasteiger charge is -2.35. The van der Waals surface area contributed by atoms with Gasteiger partial charge in [0.1, 0.15) is 5.41 Å². The van der Waals surface area contributed by atoms with E-state index in [1.807, 2.05) is 62.4 Å². The third-order valence-electron chi connectivity index (χ3n) is 10.1. The van der Waals surface area contributed by atoms with Gasteiger partial charge in [0.25, 0.3) is 7.52 Å². The summed E-state index contributed by atoms with van der Waals surface area (Å²) in [6.07, 6.45) is 4.75. The van der Waals surface area contributed by atoms with E-state index in [1.165, 1.54) is 6.07 Å². The number of hydrogen-bond acceptors (Lipinski definition) is 9. The van der Waals surface area contributed by atoms with Gasteiger partial charge in [-0.25, -0.2) is 4.79 Å². The van der Waals surface area contributed by atoms with Crippen LogP contribution in [-0.4, -0.2) is 30.9 Å². The van der Waals surface area contributed by atoms with Gasteiger partial charge >= 0.3 is 5.97 Å². The maximum atomic E-state index is 14.2. The number of nitrogens with two attached hydrogens (primary N) is 1. The van der Waals surface area contributed by atoms with Gasteiger partial charge in [-0.2, -0.15) is 0 Å². The average molecular weight is 766 g/mol. The number of rotatable bonds is 16. The van der Waals surface area contributed by atoms with E-state index < -0.39 is 24.3 Å². The highest BCUT2D eigenvalue weighted by Gasteiger charge is 2.49. The second-order valence-corrected chi connectivity index (χ2v) is 16.1. The second-order valence-electron chi connectivity index (χ2n) is 14.1. The Morgan fingerprint density at radius 1 is 0.836 bits per heavy atom. The van der Waals surface area contributed by atoms with Crippen molar-refractivity contribution in [3.05, 3.63) is 111 Å². The van der Waals surface area contributed by atoms with E-state index in [2.05, 4.69) is 10.6 Å². The molecule has 55 heavy (non-hydrogen) atoms. The molecule has 1 amide bonds. The molecule has 0 saturated heterocycles. The van der Waals surface area contributed by atoms with Crippen molar-refractivity contribution in [2.24, 2.45) is 10.9 Å². The number of fused-ring (bicyclic) bond motifs is 4. The minimum absolute atomic E-state index is 0.0904. The molecule has 4 aromatic carbocycles. The number of nitrogens with one attached hydrogen (secondary N) is 2. The van der Waals surface area contributed by atoms with Gasteiger partial charge in [0.15, 0.2) is 16.9 Å². The number of unbranched alkanes of at least 4 members (excludes halogenated alkanes) is 2. The molecule has 0 spiro atoms. The summed E-state index contributed by atoms with van der Waals surface area (Å²) in [5.74, 6) is -1.24. The van der Waals surface area contributed by atoms with Crippen molar-refractivity contribution in [3.63, 3.8) is 0 Å². The van der Waals surface area contributed by atoms with Crippen LogP contribution in [0.3, 0.4) is 0 Å². The fourth-order valence-corrected chi connectivity index (χ4v) is 8.57. The molecule has 6 rings (SSSR count). The van der Waals surface area contributed by atoms with Crippen molar-refractivity contribution in [2.75, 3.05) is 23.8 Å². The van der Waals surface area contributed by atoms with Gasteiger partial charge in [-0.1, -0.05) is 75.9 Å². The standard InChI is InChI=1S/C43H48N3O8P/c1-5-9-20-43(21-10-6-2)40(48)32-18-19-33-37(47)34-24-30(41(49)52-7-3)25-35(38(34)54-39(33)36(32)46-42(43)50)45-31-13-11-12-29(23-31)22-27-14-16-28(17-15-27)26-55(44,51)53-8-4/h11-19,23-25,45H,5-10,20-22,26H2,1-4H3,(H2,44,51)(H,46,50). The van der Waals surface area contributed by atoms with E-state index in [9.17, 15) is 23.7 Å². The van der Waals surface area contributed by atoms with Crippen molar-refractivity contribution < 1.29 is 32.6 Å². The number of benzene rings is 4. The molecule has 1 aliphatic heterocycles. The summed E-state index contributed by atoms with van der Waals surface area (Å²) >= 11 is 0. The van der Waals surface area contributed by atoms with E-state index >= 15 is 0 Å². The predicted molar refractivity (Wildman–Crippen MR) is 216 cm³/mol. The topological polar surface area (TPSA) is 167 Å². The second kappa shape index (κ2) is 16.7. The highest BCUT2D eigenvalue weighted by Crippen LogP contribution is 2.45. The molecule has 0 radical (unpaired) electrons. The molecule has 4 N–H and O–H groups in total. The van der Waals surface area contributed by atoms with Crippen LogP contribution in [0.1, 0.15) is 104 Å². The van der Waals surface area contributed by atoms with Gasteiger partial charge in [0.05, 0.1) is 47.1 Å². The monoisotopic (exact) mass is 765 g/mol. The van der Waals surface area contributed by atoms with E-state index in [0.717, 1.165) is 42.4 Å². The summed E-state index contributed by atoms with van der Waals surface area (Å²) in [6.45, 7) is 7.94. The molecular weight excluding hydrogens is 717 g/mol. The first-order chi connectivity index (χ1) is 26.4. The highest BCUT2D eigenvalue weighted by atomic mass is 31.2. The van der Waals surface area contributed by atoms with Crippen molar-refractivity contribution in [2.45, 2.75) is 78.8 Å². The van der Waals surface area contributed by atoms with Crippen LogP contribution in [0.4, 0.5) is 17.1 Å². The fourth-order valence-electron chi connectivity index (χ4n) is 7.32. The van der Waals surface area contributed by atoms with Gasteiger partial charge in [0.2, 0.25) is 11.3 Å². The first-order valence-electron chi connectivity index (χ1n) is 19.0. The SMILES string of the molecule is CCCCC1(CCCC)C(=O)Nc2c(ccc3c(=O)c4cc(C(=O)OCC)cc(Nc5cccc(Cc6ccc(CP(N)(=O)OCC)cc6)c5)c4oc23)C1=O. The number of ether oxygens (including phenoxy) is 1. The third-order valence-corrected chi connectivity index (χ3v) is 11.6. The molecule has 0 aliphatic carbocycles. The first-order valence-corrected chi connectivity index (χ1v) is 20.9. The molecule has 1 atom stereocenters. The normalized spacial score (nSPS) is 14.7. The largest absolute Gasteiger partial charge is 0.462 e. The number of Topliss-reactive ketones (excluding diaryl/α,β-unsaturated/α-hetero) is 1. The van der Waals surface area contributed by atoms with Crippen molar-refractivity contribution >= 4 is 64.2 Å². The molecule has 12 heteroatoms. The molecule has 0 fully saturated rings. The molecular formula is C43H48N3O8P. The van der Waals surface area contributed by atoms with Crippen molar-refractivity contribution in [1.29, 1.82) is 0 Å².